The summed E-state index contributed by atoms with van der Waals surface area (Å²) >= 11 is 0. The van der Waals surface area contributed by atoms with E-state index in [1.807, 2.05) is 60.4 Å². The number of hydrogen-bond donors (Lipinski definition) is 1. The standard InChI is InChI=1S/C26H30N4O2/c1-19-28-23(17-25(29-19)27-18-21-7-6-10-24(16-21)32-2)15-20-11-13-30(14-12-20)26(31)22-8-4-3-5-9-22/h3-10,16-17,20H,11-15,18H2,1-2H3,(H,27,28,29). The molecule has 1 saturated heterocycles. The highest BCUT2D eigenvalue weighted by molar-refractivity contribution is 5.94. The van der Waals surface area contributed by atoms with Gasteiger partial charge in [0.2, 0.25) is 0 Å². The third-order valence-corrected chi connectivity index (χ3v) is 5.92. The molecule has 1 fully saturated rings. The number of amides is 1. The first kappa shape index (κ1) is 21.8. The van der Waals surface area contributed by atoms with Crippen molar-refractivity contribution in [1.29, 1.82) is 0 Å². The van der Waals surface area contributed by atoms with Gasteiger partial charge in [0, 0.05) is 37.0 Å². The Morgan fingerprint density at radius 3 is 2.59 bits per heavy atom. The van der Waals surface area contributed by atoms with E-state index in [9.17, 15) is 4.79 Å². The largest absolute Gasteiger partial charge is 0.497 e. The Labute approximate surface area is 189 Å². The third kappa shape index (κ3) is 5.63. The first-order valence-corrected chi connectivity index (χ1v) is 11.2. The number of benzene rings is 2. The Morgan fingerprint density at radius 1 is 1.06 bits per heavy atom. The lowest BCUT2D eigenvalue weighted by Gasteiger charge is -2.32. The molecule has 0 saturated carbocycles. The van der Waals surface area contributed by atoms with Crippen LogP contribution in [-0.2, 0) is 13.0 Å². The number of anilines is 1. The zero-order chi connectivity index (χ0) is 22.3. The normalized spacial score (nSPS) is 14.2. The van der Waals surface area contributed by atoms with Gasteiger partial charge in [-0.15, -0.1) is 0 Å². The van der Waals surface area contributed by atoms with Crippen molar-refractivity contribution in [2.24, 2.45) is 5.92 Å². The van der Waals surface area contributed by atoms with Gasteiger partial charge >= 0.3 is 0 Å². The molecular weight excluding hydrogens is 400 g/mol. The highest BCUT2D eigenvalue weighted by atomic mass is 16.5. The molecule has 2 aromatic carbocycles. The summed E-state index contributed by atoms with van der Waals surface area (Å²) < 4.78 is 5.30. The SMILES string of the molecule is COc1cccc(CNc2cc(CC3CCN(C(=O)c4ccccc4)CC3)nc(C)n2)c1. The fraction of sp³-hybridized carbons (Fsp3) is 0.346. The minimum absolute atomic E-state index is 0.131. The Morgan fingerprint density at radius 2 is 1.84 bits per heavy atom. The molecule has 4 rings (SSSR count). The topological polar surface area (TPSA) is 67.3 Å². The predicted octanol–water partition coefficient (Wildman–Crippen LogP) is 4.50. The first-order chi connectivity index (χ1) is 15.6. The van der Waals surface area contributed by atoms with Gasteiger partial charge < -0.3 is 15.0 Å². The van der Waals surface area contributed by atoms with Crippen LogP contribution in [0.2, 0.25) is 0 Å². The van der Waals surface area contributed by atoms with Crippen molar-refractivity contribution in [3.8, 4) is 5.75 Å². The maximum absolute atomic E-state index is 12.7. The minimum atomic E-state index is 0.131. The highest BCUT2D eigenvalue weighted by Crippen LogP contribution is 2.23. The third-order valence-electron chi connectivity index (χ3n) is 5.92. The molecule has 1 N–H and O–H groups in total. The van der Waals surface area contributed by atoms with Crippen LogP contribution in [0.1, 0.15) is 40.3 Å². The highest BCUT2D eigenvalue weighted by Gasteiger charge is 2.24. The number of likely N-dealkylation sites (tertiary alicyclic amines) is 1. The minimum Gasteiger partial charge on any atom is -0.497 e. The molecule has 0 spiro atoms. The Hall–Kier alpha value is -3.41. The number of piperidine rings is 1. The van der Waals surface area contributed by atoms with Crippen LogP contribution in [0.15, 0.2) is 60.7 Å². The molecule has 2 heterocycles. The molecule has 1 aliphatic heterocycles. The summed E-state index contributed by atoms with van der Waals surface area (Å²) in [5.74, 6) is 3.11. The number of carbonyl (C=O) groups excluding carboxylic acids is 1. The quantitative estimate of drug-likeness (QED) is 0.598. The Balaban J connectivity index is 1.33. The number of aromatic nitrogens is 2. The molecule has 6 heteroatoms. The van der Waals surface area contributed by atoms with Crippen molar-refractivity contribution < 1.29 is 9.53 Å². The van der Waals surface area contributed by atoms with E-state index in [0.717, 1.165) is 66.6 Å². The summed E-state index contributed by atoms with van der Waals surface area (Å²) in [6, 6.07) is 19.6. The second-order valence-corrected chi connectivity index (χ2v) is 8.30. The smallest absolute Gasteiger partial charge is 0.253 e. The zero-order valence-corrected chi connectivity index (χ0v) is 18.8. The van der Waals surface area contributed by atoms with Crippen molar-refractivity contribution >= 4 is 11.7 Å². The first-order valence-electron chi connectivity index (χ1n) is 11.2. The van der Waals surface area contributed by atoms with E-state index in [4.69, 9.17) is 4.74 Å². The van der Waals surface area contributed by atoms with E-state index in [1.54, 1.807) is 7.11 Å². The number of methoxy groups -OCH3 is 1. The van der Waals surface area contributed by atoms with Crippen LogP contribution in [-0.4, -0.2) is 41.0 Å². The fourth-order valence-corrected chi connectivity index (χ4v) is 4.20. The lowest BCUT2D eigenvalue weighted by molar-refractivity contribution is 0.0690. The van der Waals surface area contributed by atoms with E-state index in [1.165, 1.54) is 0 Å². The van der Waals surface area contributed by atoms with Crippen LogP contribution in [0.3, 0.4) is 0 Å². The van der Waals surface area contributed by atoms with Crippen LogP contribution in [0.5, 0.6) is 5.75 Å². The van der Waals surface area contributed by atoms with Gasteiger partial charge in [0.1, 0.15) is 17.4 Å². The van der Waals surface area contributed by atoms with E-state index < -0.39 is 0 Å². The van der Waals surface area contributed by atoms with Crippen molar-refractivity contribution in [2.75, 3.05) is 25.5 Å². The Kier molecular flexibility index (Phi) is 7.00. The number of hydrogen-bond acceptors (Lipinski definition) is 5. The van der Waals surface area contributed by atoms with Crippen molar-refractivity contribution in [2.45, 2.75) is 32.7 Å². The van der Waals surface area contributed by atoms with Crippen molar-refractivity contribution in [3.63, 3.8) is 0 Å². The molecule has 0 aliphatic carbocycles. The summed E-state index contributed by atoms with van der Waals surface area (Å²) in [6.07, 6.45) is 2.90. The predicted molar refractivity (Wildman–Crippen MR) is 126 cm³/mol. The molecular formula is C26H30N4O2. The van der Waals surface area contributed by atoms with Gasteiger partial charge in [0.05, 0.1) is 7.11 Å². The number of ether oxygens (including phenoxy) is 1. The van der Waals surface area contributed by atoms with E-state index in [-0.39, 0.29) is 5.91 Å². The summed E-state index contributed by atoms with van der Waals surface area (Å²) in [5.41, 5.74) is 2.96. The van der Waals surface area contributed by atoms with E-state index in [2.05, 4.69) is 27.4 Å². The van der Waals surface area contributed by atoms with Crippen molar-refractivity contribution in [3.05, 3.63) is 83.3 Å². The van der Waals surface area contributed by atoms with E-state index in [0.29, 0.717) is 12.5 Å². The number of rotatable bonds is 7. The summed E-state index contributed by atoms with van der Waals surface area (Å²) in [5, 5.41) is 3.41. The second-order valence-electron chi connectivity index (χ2n) is 8.30. The molecule has 0 bridgehead atoms. The average Bonchev–Trinajstić information content (AvgIpc) is 2.83. The summed E-state index contributed by atoms with van der Waals surface area (Å²) in [4.78, 5) is 23.9. The monoisotopic (exact) mass is 430 g/mol. The number of nitrogens with zero attached hydrogens (tertiary/aromatic N) is 3. The molecule has 1 aromatic heterocycles. The molecule has 0 unspecified atom stereocenters. The molecule has 1 amide bonds. The molecule has 0 atom stereocenters. The molecule has 6 nitrogen and oxygen atoms in total. The maximum atomic E-state index is 12.7. The van der Waals surface area contributed by atoms with Crippen LogP contribution in [0.4, 0.5) is 5.82 Å². The molecule has 1 aliphatic rings. The molecule has 32 heavy (non-hydrogen) atoms. The number of carbonyl (C=O) groups is 1. The molecule has 166 valence electrons. The van der Waals surface area contributed by atoms with Gasteiger partial charge in [-0.05, 0) is 61.9 Å². The van der Waals surface area contributed by atoms with Crippen molar-refractivity contribution in [1.82, 2.24) is 14.9 Å². The number of aryl methyl sites for hydroxylation is 1. The number of nitrogens with one attached hydrogen (secondary N) is 1. The average molecular weight is 431 g/mol. The Bertz CT molecular complexity index is 1050. The zero-order valence-electron chi connectivity index (χ0n) is 18.8. The summed E-state index contributed by atoms with van der Waals surface area (Å²) in [7, 11) is 1.68. The second kappa shape index (κ2) is 10.3. The molecule has 0 radical (unpaired) electrons. The lowest BCUT2D eigenvalue weighted by Crippen LogP contribution is -2.39. The van der Waals surface area contributed by atoms with Gasteiger partial charge in [-0.3, -0.25) is 4.79 Å². The molecule has 3 aromatic rings. The van der Waals surface area contributed by atoms with Crippen LogP contribution in [0, 0.1) is 12.8 Å². The maximum Gasteiger partial charge on any atom is 0.253 e. The van der Waals surface area contributed by atoms with Crippen LogP contribution < -0.4 is 10.1 Å². The van der Waals surface area contributed by atoms with Crippen LogP contribution >= 0.6 is 0 Å². The van der Waals surface area contributed by atoms with Gasteiger partial charge in [0.25, 0.3) is 5.91 Å². The van der Waals surface area contributed by atoms with E-state index >= 15 is 0 Å². The van der Waals surface area contributed by atoms with Gasteiger partial charge in [-0.2, -0.15) is 0 Å². The van der Waals surface area contributed by atoms with Gasteiger partial charge in [-0.25, -0.2) is 9.97 Å². The van der Waals surface area contributed by atoms with Gasteiger partial charge in [-0.1, -0.05) is 30.3 Å². The summed E-state index contributed by atoms with van der Waals surface area (Å²) in [6.45, 7) is 4.20. The van der Waals surface area contributed by atoms with Crippen LogP contribution in [0.25, 0.3) is 0 Å². The lowest BCUT2D eigenvalue weighted by atomic mass is 9.91. The fourth-order valence-electron chi connectivity index (χ4n) is 4.20. The van der Waals surface area contributed by atoms with Gasteiger partial charge in [0.15, 0.2) is 0 Å².